The van der Waals surface area contributed by atoms with Crippen molar-refractivity contribution in [3.8, 4) is 0 Å². The number of nitrogens with one attached hydrogen (secondary N) is 2. The minimum absolute atomic E-state index is 0.0351. The Hall–Kier alpha value is -1.46. The summed E-state index contributed by atoms with van der Waals surface area (Å²) >= 11 is 0. The van der Waals surface area contributed by atoms with Gasteiger partial charge in [-0.15, -0.1) is 0 Å². The molecule has 0 bridgehead atoms. The highest BCUT2D eigenvalue weighted by molar-refractivity contribution is 5.82. The molecule has 22 heavy (non-hydrogen) atoms. The molecule has 2 heterocycles. The van der Waals surface area contributed by atoms with Crippen molar-refractivity contribution in [3.63, 3.8) is 0 Å². The van der Waals surface area contributed by atoms with Gasteiger partial charge in [-0.25, -0.2) is 0 Å². The average Bonchev–Trinajstić information content (AvgIpc) is 2.55. The molecule has 2 rings (SSSR count). The second kappa shape index (κ2) is 8.86. The fourth-order valence-electron chi connectivity index (χ4n) is 2.55. The maximum absolute atomic E-state index is 12.3. The SMILES string of the molecule is CC(C)[C@@H](COCc1cccnc1)NC(=O)C1CCCCN1. The molecule has 1 amide bonds. The van der Waals surface area contributed by atoms with Crippen molar-refractivity contribution in [2.45, 2.75) is 51.8 Å². The number of aromatic nitrogens is 1. The standard InChI is InChI=1S/C17H27N3O2/c1-13(2)16(12-22-11-14-6-5-8-18-10-14)20-17(21)15-7-3-4-9-19-15/h5-6,8,10,13,15-16,19H,3-4,7,9,11-12H2,1-2H3,(H,20,21)/t15?,16-/m1/s1. The molecule has 0 saturated carbocycles. The van der Waals surface area contributed by atoms with E-state index in [0.29, 0.717) is 19.1 Å². The van der Waals surface area contributed by atoms with Crippen LogP contribution in [0.3, 0.4) is 0 Å². The summed E-state index contributed by atoms with van der Waals surface area (Å²) in [6.45, 7) is 6.18. The molecule has 1 aliphatic heterocycles. The van der Waals surface area contributed by atoms with Crippen molar-refractivity contribution in [1.29, 1.82) is 0 Å². The number of carbonyl (C=O) groups is 1. The molecule has 1 aromatic heterocycles. The lowest BCUT2D eigenvalue weighted by molar-refractivity contribution is -0.125. The third-order valence-electron chi connectivity index (χ3n) is 4.05. The maximum Gasteiger partial charge on any atom is 0.237 e. The summed E-state index contributed by atoms with van der Waals surface area (Å²) in [5.41, 5.74) is 1.05. The van der Waals surface area contributed by atoms with E-state index in [1.165, 1.54) is 0 Å². The topological polar surface area (TPSA) is 63.2 Å². The molecule has 1 aliphatic rings. The first-order valence-electron chi connectivity index (χ1n) is 8.17. The fourth-order valence-corrected chi connectivity index (χ4v) is 2.55. The van der Waals surface area contributed by atoms with Crippen LogP contribution in [0.15, 0.2) is 24.5 Å². The highest BCUT2D eigenvalue weighted by atomic mass is 16.5. The second-order valence-corrected chi connectivity index (χ2v) is 6.24. The van der Waals surface area contributed by atoms with Crippen LogP contribution in [0.5, 0.6) is 0 Å². The van der Waals surface area contributed by atoms with E-state index in [1.54, 1.807) is 12.4 Å². The van der Waals surface area contributed by atoms with Gasteiger partial charge in [-0.1, -0.05) is 26.3 Å². The van der Waals surface area contributed by atoms with Gasteiger partial charge in [-0.3, -0.25) is 9.78 Å². The lowest BCUT2D eigenvalue weighted by Gasteiger charge is -2.27. The zero-order valence-electron chi connectivity index (χ0n) is 13.5. The van der Waals surface area contributed by atoms with Crippen LogP contribution in [-0.2, 0) is 16.1 Å². The number of piperidine rings is 1. The predicted octanol–water partition coefficient (Wildman–Crippen LogP) is 1.88. The summed E-state index contributed by atoms with van der Waals surface area (Å²) in [5.74, 6) is 0.435. The molecule has 2 atom stereocenters. The van der Waals surface area contributed by atoms with Crippen LogP contribution in [0.1, 0.15) is 38.7 Å². The number of hydrogen-bond acceptors (Lipinski definition) is 4. The third-order valence-corrected chi connectivity index (χ3v) is 4.05. The number of rotatable bonds is 7. The summed E-state index contributed by atoms with van der Waals surface area (Å²) in [6.07, 6.45) is 6.75. The zero-order valence-corrected chi connectivity index (χ0v) is 13.5. The van der Waals surface area contributed by atoms with Crippen molar-refractivity contribution in [3.05, 3.63) is 30.1 Å². The zero-order chi connectivity index (χ0) is 15.8. The maximum atomic E-state index is 12.3. The van der Waals surface area contributed by atoms with E-state index in [-0.39, 0.29) is 18.0 Å². The minimum Gasteiger partial charge on any atom is -0.375 e. The Morgan fingerprint density at radius 3 is 3.00 bits per heavy atom. The molecule has 1 aromatic rings. The second-order valence-electron chi connectivity index (χ2n) is 6.24. The van der Waals surface area contributed by atoms with Gasteiger partial charge in [-0.05, 0) is 36.9 Å². The predicted molar refractivity (Wildman–Crippen MR) is 86.3 cm³/mol. The van der Waals surface area contributed by atoms with E-state index in [1.807, 2.05) is 12.1 Å². The molecule has 0 aliphatic carbocycles. The number of hydrogen-bond donors (Lipinski definition) is 2. The molecule has 5 heteroatoms. The molecule has 0 spiro atoms. The smallest absolute Gasteiger partial charge is 0.237 e. The molecule has 5 nitrogen and oxygen atoms in total. The Morgan fingerprint density at radius 1 is 1.50 bits per heavy atom. The lowest BCUT2D eigenvalue weighted by atomic mass is 10.0. The quantitative estimate of drug-likeness (QED) is 0.807. The van der Waals surface area contributed by atoms with Crippen LogP contribution in [-0.4, -0.2) is 36.1 Å². The van der Waals surface area contributed by atoms with E-state index in [0.717, 1.165) is 31.4 Å². The highest BCUT2D eigenvalue weighted by Crippen LogP contribution is 2.09. The van der Waals surface area contributed by atoms with Crippen LogP contribution < -0.4 is 10.6 Å². The first-order valence-corrected chi connectivity index (χ1v) is 8.17. The van der Waals surface area contributed by atoms with Gasteiger partial charge in [0.05, 0.1) is 25.3 Å². The Labute approximate surface area is 132 Å². The van der Waals surface area contributed by atoms with E-state index in [2.05, 4.69) is 29.5 Å². The largest absolute Gasteiger partial charge is 0.375 e. The summed E-state index contributed by atoms with van der Waals surface area (Å²) in [5, 5.41) is 6.41. The van der Waals surface area contributed by atoms with Crippen LogP contribution in [0, 0.1) is 5.92 Å². The Bertz CT molecular complexity index is 444. The van der Waals surface area contributed by atoms with Gasteiger partial charge in [0.1, 0.15) is 0 Å². The van der Waals surface area contributed by atoms with Crippen molar-refractivity contribution in [2.24, 2.45) is 5.92 Å². The number of pyridine rings is 1. The Balaban J connectivity index is 1.78. The molecule has 1 fully saturated rings. The van der Waals surface area contributed by atoms with Crippen molar-refractivity contribution in [1.82, 2.24) is 15.6 Å². The molecular formula is C17H27N3O2. The van der Waals surface area contributed by atoms with E-state index >= 15 is 0 Å². The Morgan fingerprint density at radius 2 is 2.36 bits per heavy atom. The number of amides is 1. The average molecular weight is 305 g/mol. The molecular weight excluding hydrogens is 278 g/mol. The molecule has 122 valence electrons. The minimum atomic E-state index is -0.0478. The number of carbonyl (C=O) groups excluding carboxylic acids is 1. The van der Waals surface area contributed by atoms with Gasteiger partial charge in [-0.2, -0.15) is 0 Å². The van der Waals surface area contributed by atoms with Crippen LogP contribution in [0.2, 0.25) is 0 Å². The third kappa shape index (κ3) is 5.39. The van der Waals surface area contributed by atoms with Crippen molar-refractivity contribution < 1.29 is 9.53 Å². The summed E-state index contributed by atoms with van der Waals surface area (Å²) < 4.78 is 5.76. The van der Waals surface area contributed by atoms with Crippen LogP contribution in [0.4, 0.5) is 0 Å². The first kappa shape index (κ1) is 16.9. The van der Waals surface area contributed by atoms with Crippen molar-refractivity contribution in [2.75, 3.05) is 13.2 Å². The van der Waals surface area contributed by atoms with Gasteiger partial charge in [0.2, 0.25) is 5.91 Å². The van der Waals surface area contributed by atoms with E-state index in [4.69, 9.17) is 4.74 Å². The lowest BCUT2D eigenvalue weighted by Crippen LogP contribution is -2.52. The molecule has 1 saturated heterocycles. The summed E-state index contributed by atoms with van der Waals surface area (Å²) in [4.78, 5) is 16.4. The van der Waals surface area contributed by atoms with Gasteiger partial charge < -0.3 is 15.4 Å². The number of ether oxygens (including phenoxy) is 1. The van der Waals surface area contributed by atoms with Crippen molar-refractivity contribution >= 4 is 5.91 Å². The van der Waals surface area contributed by atoms with Crippen LogP contribution >= 0.6 is 0 Å². The summed E-state index contributed by atoms with van der Waals surface area (Å²) in [6, 6.07) is 3.87. The molecule has 0 aromatic carbocycles. The fraction of sp³-hybridized carbons (Fsp3) is 0.647. The molecule has 0 radical (unpaired) electrons. The Kier molecular flexibility index (Phi) is 6.80. The highest BCUT2D eigenvalue weighted by Gasteiger charge is 2.24. The summed E-state index contributed by atoms with van der Waals surface area (Å²) in [7, 11) is 0. The van der Waals surface area contributed by atoms with Crippen LogP contribution in [0.25, 0.3) is 0 Å². The van der Waals surface area contributed by atoms with Gasteiger partial charge in [0, 0.05) is 12.4 Å². The van der Waals surface area contributed by atoms with E-state index in [9.17, 15) is 4.79 Å². The monoisotopic (exact) mass is 305 g/mol. The molecule has 1 unspecified atom stereocenters. The first-order chi connectivity index (χ1) is 10.7. The van der Waals surface area contributed by atoms with Gasteiger partial charge in [0.15, 0.2) is 0 Å². The van der Waals surface area contributed by atoms with Gasteiger partial charge >= 0.3 is 0 Å². The molecule has 2 N–H and O–H groups in total. The van der Waals surface area contributed by atoms with Gasteiger partial charge in [0.25, 0.3) is 0 Å². The normalized spacial score (nSPS) is 19.9. The van der Waals surface area contributed by atoms with E-state index < -0.39 is 0 Å². The number of nitrogens with zero attached hydrogens (tertiary/aromatic N) is 1.